The molecule has 1 aliphatic rings. The Morgan fingerprint density at radius 1 is 1.28 bits per heavy atom. The van der Waals surface area contributed by atoms with Crippen LogP contribution in [0.1, 0.15) is 35.6 Å². The summed E-state index contributed by atoms with van der Waals surface area (Å²) in [4.78, 5) is 5.64. The first-order valence-corrected chi connectivity index (χ1v) is 7.14. The first-order chi connectivity index (χ1) is 7.81. The van der Waals surface area contributed by atoms with E-state index >= 15 is 0 Å². The second-order valence-corrected chi connectivity index (χ2v) is 5.86. The number of aryl methyl sites for hydroxylation is 1. The van der Waals surface area contributed by atoms with Crippen LogP contribution < -0.4 is 5.32 Å². The van der Waals surface area contributed by atoms with Crippen molar-refractivity contribution in [2.75, 3.05) is 26.2 Å². The number of nitrogens with zero attached hydrogens (tertiary/aromatic N) is 1. The van der Waals surface area contributed by atoms with E-state index in [1.807, 2.05) is 11.3 Å². The Balaban J connectivity index is 0.00000144. The molecule has 1 N–H and O–H groups in total. The topological polar surface area (TPSA) is 15.3 Å². The molecule has 2 nitrogen and oxygen atoms in total. The zero-order valence-electron chi connectivity index (χ0n) is 11.1. The molecular weight excluding hydrogens is 287 g/mol. The van der Waals surface area contributed by atoms with Gasteiger partial charge in [-0.2, -0.15) is 0 Å². The van der Waals surface area contributed by atoms with E-state index in [2.05, 4.69) is 36.2 Å². The second-order valence-electron chi connectivity index (χ2n) is 4.54. The predicted molar refractivity (Wildman–Crippen MR) is 85.6 cm³/mol. The number of hydrogen-bond donors (Lipinski definition) is 1. The fraction of sp³-hybridized carbons (Fsp3) is 0.692. The van der Waals surface area contributed by atoms with Crippen molar-refractivity contribution in [1.82, 2.24) is 10.2 Å². The molecule has 2 heterocycles. The lowest BCUT2D eigenvalue weighted by Gasteiger charge is -2.34. The van der Waals surface area contributed by atoms with Gasteiger partial charge < -0.3 is 5.32 Å². The molecule has 5 heteroatoms. The van der Waals surface area contributed by atoms with E-state index in [4.69, 9.17) is 0 Å². The number of nitrogens with one attached hydrogen (secondary N) is 1. The molecule has 1 aromatic rings. The number of piperazine rings is 1. The van der Waals surface area contributed by atoms with Crippen LogP contribution in [0.5, 0.6) is 0 Å². The summed E-state index contributed by atoms with van der Waals surface area (Å²) in [6.07, 6.45) is 2.56. The summed E-state index contributed by atoms with van der Waals surface area (Å²) in [5.74, 6) is 0. The highest BCUT2D eigenvalue weighted by Crippen LogP contribution is 2.31. The van der Waals surface area contributed by atoms with Crippen molar-refractivity contribution >= 4 is 36.2 Å². The van der Waals surface area contributed by atoms with E-state index in [9.17, 15) is 0 Å². The molecule has 18 heavy (non-hydrogen) atoms. The average Bonchev–Trinajstić information content (AvgIpc) is 2.74. The molecule has 0 saturated carbocycles. The fourth-order valence-electron chi connectivity index (χ4n) is 2.40. The van der Waals surface area contributed by atoms with Crippen LogP contribution in [0.2, 0.25) is 0 Å². The molecule has 0 aliphatic carbocycles. The summed E-state index contributed by atoms with van der Waals surface area (Å²) in [5, 5.41) is 3.43. The molecule has 0 radical (unpaired) electrons. The van der Waals surface area contributed by atoms with Crippen LogP contribution in [0, 0.1) is 6.92 Å². The van der Waals surface area contributed by atoms with Crippen LogP contribution in [-0.2, 0) is 0 Å². The summed E-state index contributed by atoms with van der Waals surface area (Å²) in [7, 11) is 0. The Morgan fingerprint density at radius 2 is 1.94 bits per heavy atom. The number of halogens is 2. The van der Waals surface area contributed by atoms with Crippen molar-refractivity contribution in [1.29, 1.82) is 0 Å². The third-order valence-electron chi connectivity index (χ3n) is 3.24. The lowest BCUT2D eigenvalue weighted by atomic mass is 10.1. The lowest BCUT2D eigenvalue weighted by Crippen LogP contribution is -2.44. The maximum Gasteiger partial charge on any atom is 0.0442 e. The van der Waals surface area contributed by atoms with E-state index in [0.29, 0.717) is 6.04 Å². The van der Waals surface area contributed by atoms with Crippen LogP contribution >= 0.6 is 36.2 Å². The summed E-state index contributed by atoms with van der Waals surface area (Å²) in [6, 6.07) is 5.23. The second kappa shape index (κ2) is 9.16. The summed E-state index contributed by atoms with van der Waals surface area (Å²) >= 11 is 1.97. The molecule has 0 unspecified atom stereocenters. The molecule has 1 saturated heterocycles. The van der Waals surface area contributed by atoms with Gasteiger partial charge in [-0.1, -0.05) is 13.3 Å². The fourth-order valence-corrected chi connectivity index (χ4v) is 3.45. The standard InChI is InChI=1S/C13H22N2S.2ClH/c1-3-4-12(13-6-5-11(2)16-13)15-9-7-14-8-10-15;;/h5-6,12,14H,3-4,7-10H2,1-2H3;2*1H/t12-;;/m1../s1. The first-order valence-electron chi connectivity index (χ1n) is 6.32. The highest BCUT2D eigenvalue weighted by Gasteiger charge is 2.22. The van der Waals surface area contributed by atoms with Crippen molar-refractivity contribution in [3.8, 4) is 0 Å². The third-order valence-corrected chi connectivity index (χ3v) is 4.35. The Labute approximate surface area is 127 Å². The normalized spacial score (nSPS) is 17.7. The molecule has 0 amide bonds. The minimum atomic E-state index is 0. The van der Waals surface area contributed by atoms with Crippen LogP contribution in [0.4, 0.5) is 0 Å². The highest BCUT2D eigenvalue weighted by molar-refractivity contribution is 7.12. The van der Waals surface area contributed by atoms with Gasteiger partial charge >= 0.3 is 0 Å². The number of thiophene rings is 1. The van der Waals surface area contributed by atoms with Gasteiger partial charge in [-0.15, -0.1) is 36.2 Å². The lowest BCUT2D eigenvalue weighted by molar-refractivity contribution is 0.167. The van der Waals surface area contributed by atoms with E-state index in [0.717, 1.165) is 13.1 Å². The molecule has 106 valence electrons. The summed E-state index contributed by atoms with van der Waals surface area (Å²) < 4.78 is 0. The van der Waals surface area contributed by atoms with Crippen molar-refractivity contribution in [3.63, 3.8) is 0 Å². The zero-order chi connectivity index (χ0) is 11.4. The van der Waals surface area contributed by atoms with Crippen molar-refractivity contribution < 1.29 is 0 Å². The van der Waals surface area contributed by atoms with Crippen LogP contribution in [0.25, 0.3) is 0 Å². The van der Waals surface area contributed by atoms with E-state index in [-0.39, 0.29) is 24.8 Å². The maximum absolute atomic E-state index is 3.43. The van der Waals surface area contributed by atoms with Gasteiger partial charge in [0.25, 0.3) is 0 Å². The Morgan fingerprint density at radius 3 is 2.44 bits per heavy atom. The van der Waals surface area contributed by atoms with Crippen molar-refractivity contribution in [2.45, 2.75) is 32.7 Å². The van der Waals surface area contributed by atoms with Gasteiger partial charge in [0, 0.05) is 42.0 Å². The van der Waals surface area contributed by atoms with Crippen LogP contribution in [-0.4, -0.2) is 31.1 Å². The SMILES string of the molecule is CCC[C@H](c1ccc(C)s1)N1CCNCC1.Cl.Cl. The van der Waals surface area contributed by atoms with E-state index < -0.39 is 0 Å². The summed E-state index contributed by atoms with van der Waals surface area (Å²) in [6.45, 7) is 9.17. The molecule has 1 aromatic heterocycles. The molecule has 0 bridgehead atoms. The minimum Gasteiger partial charge on any atom is -0.314 e. The smallest absolute Gasteiger partial charge is 0.0442 e. The highest BCUT2D eigenvalue weighted by atomic mass is 35.5. The summed E-state index contributed by atoms with van der Waals surface area (Å²) in [5.41, 5.74) is 0. The van der Waals surface area contributed by atoms with E-state index in [1.165, 1.54) is 30.8 Å². The molecular formula is C13H24Cl2N2S. The zero-order valence-corrected chi connectivity index (χ0v) is 13.6. The first kappa shape index (κ1) is 18.2. The number of rotatable bonds is 4. The minimum absolute atomic E-state index is 0. The Bertz CT molecular complexity index is 325. The van der Waals surface area contributed by atoms with Gasteiger partial charge in [-0.3, -0.25) is 4.90 Å². The van der Waals surface area contributed by atoms with Gasteiger partial charge in [0.05, 0.1) is 0 Å². The average molecular weight is 311 g/mol. The van der Waals surface area contributed by atoms with Crippen molar-refractivity contribution in [2.24, 2.45) is 0 Å². The van der Waals surface area contributed by atoms with Gasteiger partial charge in [-0.05, 0) is 25.5 Å². The quantitative estimate of drug-likeness (QED) is 0.913. The van der Waals surface area contributed by atoms with Gasteiger partial charge in [0.2, 0.25) is 0 Å². The largest absolute Gasteiger partial charge is 0.314 e. The van der Waals surface area contributed by atoms with Gasteiger partial charge in [-0.25, -0.2) is 0 Å². The Hall–Kier alpha value is 0.200. The maximum atomic E-state index is 3.43. The van der Waals surface area contributed by atoms with Crippen LogP contribution in [0.3, 0.4) is 0 Å². The van der Waals surface area contributed by atoms with Gasteiger partial charge in [0.1, 0.15) is 0 Å². The third kappa shape index (κ3) is 4.71. The monoisotopic (exact) mass is 310 g/mol. The number of hydrogen-bond acceptors (Lipinski definition) is 3. The molecule has 0 aromatic carbocycles. The molecule has 1 aliphatic heterocycles. The molecule has 1 atom stereocenters. The van der Waals surface area contributed by atoms with E-state index in [1.54, 1.807) is 4.88 Å². The molecule has 1 fully saturated rings. The van der Waals surface area contributed by atoms with Crippen molar-refractivity contribution in [3.05, 3.63) is 21.9 Å². The van der Waals surface area contributed by atoms with Crippen LogP contribution in [0.15, 0.2) is 12.1 Å². The predicted octanol–water partition coefficient (Wildman–Crippen LogP) is 3.65. The Kier molecular flexibility index (Phi) is 9.26. The van der Waals surface area contributed by atoms with Gasteiger partial charge in [0.15, 0.2) is 0 Å². The molecule has 2 rings (SSSR count). The molecule has 0 spiro atoms.